The molecule has 1 fully saturated rings. The van der Waals surface area contributed by atoms with Crippen LogP contribution in [0.15, 0.2) is 30.5 Å². The quantitative estimate of drug-likeness (QED) is 0.893. The highest BCUT2D eigenvalue weighted by Gasteiger charge is 2.22. The standard InChI is InChI=1S/C20H28N4O2/c1-14-11-18(17(4)24(14)19-7-5-6-8-21-19)20(25)22-9-10-23-12-15(2)26-16(3)13-23/h5-8,11,15-16H,9-10,12-13H2,1-4H3,(H,22,25). The smallest absolute Gasteiger partial charge is 0.253 e. The Kier molecular flexibility index (Phi) is 5.74. The van der Waals surface area contributed by atoms with Crippen molar-refractivity contribution in [3.05, 3.63) is 47.4 Å². The number of hydrogen-bond donors (Lipinski definition) is 1. The molecule has 3 rings (SSSR count). The molecule has 1 amide bonds. The summed E-state index contributed by atoms with van der Waals surface area (Å²) in [5.74, 6) is 0.799. The fourth-order valence-corrected chi connectivity index (χ4v) is 3.72. The number of nitrogens with one attached hydrogen (secondary N) is 1. The maximum Gasteiger partial charge on any atom is 0.253 e. The molecule has 1 N–H and O–H groups in total. The van der Waals surface area contributed by atoms with Crippen molar-refractivity contribution in [3.63, 3.8) is 0 Å². The summed E-state index contributed by atoms with van der Waals surface area (Å²) < 4.78 is 7.76. The summed E-state index contributed by atoms with van der Waals surface area (Å²) in [4.78, 5) is 19.4. The van der Waals surface area contributed by atoms with E-state index in [0.29, 0.717) is 12.1 Å². The molecule has 26 heavy (non-hydrogen) atoms. The number of carbonyl (C=O) groups is 1. The SMILES string of the molecule is Cc1cc(C(=O)NCCN2CC(C)OC(C)C2)c(C)n1-c1ccccn1. The first kappa shape index (κ1) is 18.6. The van der Waals surface area contributed by atoms with Crippen LogP contribution in [0.1, 0.15) is 35.6 Å². The van der Waals surface area contributed by atoms with Crippen LogP contribution >= 0.6 is 0 Å². The van der Waals surface area contributed by atoms with Crippen LogP contribution in [0.2, 0.25) is 0 Å². The predicted octanol–water partition coefficient (Wildman–Crippen LogP) is 2.33. The van der Waals surface area contributed by atoms with Crippen LogP contribution < -0.4 is 5.32 Å². The Morgan fingerprint density at radius 2 is 2.00 bits per heavy atom. The van der Waals surface area contributed by atoms with E-state index in [1.807, 2.05) is 42.7 Å². The summed E-state index contributed by atoms with van der Waals surface area (Å²) in [5.41, 5.74) is 2.62. The zero-order chi connectivity index (χ0) is 18.7. The molecule has 6 heteroatoms. The van der Waals surface area contributed by atoms with E-state index in [0.717, 1.165) is 36.8 Å². The highest BCUT2D eigenvalue weighted by Crippen LogP contribution is 2.19. The van der Waals surface area contributed by atoms with E-state index < -0.39 is 0 Å². The molecule has 1 aliphatic heterocycles. The first-order chi connectivity index (χ1) is 12.5. The van der Waals surface area contributed by atoms with Gasteiger partial charge in [0.25, 0.3) is 5.91 Å². The van der Waals surface area contributed by atoms with Gasteiger partial charge in [-0.05, 0) is 45.9 Å². The molecule has 1 saturated heterocycles. The number of rotatable bonds is 5. The zero-order valence-electron chi connectivity index (χ0n) is 16.0. The molecule has 1 aliphatic rings. The van der Waals surface area contributed by atoms with Crippen molar-refractivity contribution in [1.82, 2.24) is 19.8 Å². The molecule has 3 heterocycles. The largest absolute Gasteiger partial charge is 0.373 e. The Labute approximate surface area is 155 Å². The van der Waals surface area contributed by atoms with E-state index in [4.69, 9.17) is 4.74 Å². The predicted molar refractivity (Wildman–Crippen MR) is 102 cm³/mol. The van der Waals surface area contributed by atoms with Gasteiger partial charge in [-0.3, -0.25) is 9.69 Å². The zero-order valence-corrected chi connectivity index (χ0v) is 16.0. The van der Waals surface area contributed by atoms with Gasteiger partial charge in [0.15, 0.2) is 0 Å². The Bertz CT molecular complexity index is 747. The number of aryl methyl sites for hydroxylation is 1. The number of aromatic nitrogens is 2. The second-order valence-corrected chi connectivity index (χ2v) is 7.08. The molecule has 0 aromatic carbocycles. The summed E-state index contributed by atoms with van der Waals surface area (Å²) in [5, 5.41) is 3.05. The van der Waals surface area contributed by atoms with Gasteiger partial charge in [-0.2, -0.15) is 0 Å². The molecule has 0 bridgehead atoms. The van der Waals surface area contributed by atoms with Crippen LogP contribution in [-0.4, -0.2) is 58.7 Å². The molecule has 2 unspecified atom stereocenters. The summed E-state index contributed by atoms with van der Waals surface area (Å²) in [6, 6.07) is 7.71. The molecule has 0 radical (unpaired) electrons. The first-order valence-corrected chi connectivity index (χ1v) is 9.22. The fourth-order valence-electron chi connectivity index (χ4n) is 3.72. The number of ether oxygens (including phenoxy) is 1. The average Bonchev–Trinajstić information content (AvgIpc) is 2.89. The number of amides is 1. The number of nitrogens with zero attached hydrogens (tertiary/aromatic N) is 3. The van der Waals surface area contributed by atoms with E-state index in [-0.39, 0.29) is 18.1 Å². The normalized spacial score (nSPS) is 20.9. The Balaban J connectivity index is 1.62. The average molecular weight is 356 g/mol. The minimum absolute atomic E-state index is 0.0327. The lowest BCUT2D eigenvalue weighted by molar-refractivity contribution is -0.0672. The van der Waals surface area contributed by atoms with Crippen LogP contribution in [0.4, 0.5) is 0 Å². The van der Waals surface area contributed by atoms with Gasteiger partial charge in [0.05, 0.1) is 17.8 Å². The van der Waals surface area contributed by atoms with Gasteiger partial charge >= 0.3 is 0 Å². The molecule has 6 nitrogen and oxygen atoms in total. The second-order valence-electron chi connectivity index (χ2n) is 7.08. The van der Waals surface area contributed by atoms with Gasteiger partial charge in [-0.1, -0.05) is 6.07 Å². The van der Waals surface area contributed by atoms with Crippen LogP contribution in [0, 0.1) is 13.8 Å². The summed E-state index contributed by atoms with van der Waals surface area (Å²) in [6.07, 6.45) is 2.25. The van der Waals surface area contributed by atoms with Gasteiger partial charge in [-0.15, -0.1) is 0 Å². The first-order valence-electron chi connectivity index (χ1n) is 9.22. The van der Waals surface area contributed by atoms with Crippen molar-refractivity contribution < 1.29 is 9.53 Å². The Morgan fingerprint density at radius 1 is 1.27 bits per heavy atom. The molecule has 2 aromatic rings. The number of carbonyl (C=O) groups excluding carboxylic acids is 1. The summed E-state index contributed by atoms with van der Waals surface area (Å²) in [6.45, 7) is 11.4. The molecule has 0 spiro atoms. The molecule has 2 atom stereocenters. The Morgan fingerprint density at radius 3 is 2.65 bits per heavy atom. The molecule has 0 saturated carbocycles. The van der Waals surface area contributed by atoms with Crippen molar-refractivity contribution >= 4 is 5.91 Å². The van der Waals surface area contributed by atoms with E-state index in [1.165, 1.54) is 0 Å². The van der Waals surface area contributed by atoms with Gasteiger partial charge in [0.2, 0.25) is 0 Å². The summed E-state index contributed by atoms with van der Waals surface area (Å²) >= 11 is 0. The van der Waals surface area contributed by atoms with Gasteiger partial charge in [0.1, 0.15) is 5.82 Å². The third-order valence-electron chi connectivity index (χ3n) is 4.76. The lowest BCUT2D eigenvalue weighted by atomic mass is 10.2. The molecular formula is C20H28N4O2. The third kappa shape index (κ3) is 4.14. The molecule has 2 aromatic heterocycles. The van der Waals surface area contributed by atoms with Gasteiger partial charge in [0, 0.05) is 43.8 Å². The highest BCUT2D eigenvalue weighted by atomic mass is 16.5. The summed E-state index contributed by atoms with van der Waals surface area (Å²) in [7, 11) is 0. The van der Waals surface area contributed by atoms with Gasteiger partial charge in [-0.25, -0.2) is 4.98 Å². The fraction of sp³-hybridized carbons (Fsp3) is 0.500. The lowest BCUT2D eigenvalue weighted by Gasteiger charge is -2.35. The number of pyridine rings is 1. The molecule has 140 valence electrons. The van der Waals surface area contributed by atoms with Crippen molar-refractivity contribution in [2.24, 2.45) is 0 Å². The van der Waals surface area contributed by atoms with Crippen LogP contribution in [0.25, 0.3) is 5.82 Å². The Hall–Kier alpha value is -2.18. The monoisotopic (exact) mass is 356 g/mol. The lowest BCUT2D eigenvalue weighted by Crippen LogP contribution is -2.47. The van der Waals surface area contributed by atoms with Crippen molar-refractivity contribution in [3.8, 4) is 5.82 Å². The van der Waals surface area contributed by atoms with Crippen LogP contribution in [-0.2, 0) is 4.74 Å². The van der Waals surface area contributed by atoms with Crippen molar-refractivity contribution in [1.29, 1.82) is 0 Å². The third-order valence-corrected chi connectivity index (χ3v) is 4.76. The van der Waals surface area contributed by atoms with Crippen LogP contribution in [0.5, 0.6) is 0 Å². The second kappa shape index (κ2) is 8.01. The maximum atomic E-state index is 12.6. The van der Waals surface area contributed by atoms with E-state index in [9.17, 15) is 4.79 Å². The highest BCUT2D eigenvalue weighted by molar-refractivity contribution is 5.95. The number of morpholine rings is 1. The van der Waals surface area contributed by atoms with Gasteiger partial charge < -0.3 is 14.6 Å². The molecule has 0 aliphatic carbocycles. The maximum absolute atomic E-state index is 12.6. The van der Waals surface area contributed by atoms with Crippen molar-refractivity contribution in [2.45, 2.75) is 39.9 Å². The minimum atomic E-state index is -0.0327. The topological polar surface area (TPSA) is 59.4 Å². The van der Waals surface area contributed by atoms with Crippen LogP contribution in [0.3, 0.4) is 0 Å². The van der Waals surface area contributed by atoms with E-state index in [1.54, 1.807) is 6.20 Å². The number of hydrogen-bond acceptors (Lipinski definition) is 4. The van der Waals surface area contributed by atoms with Crippen molar-refractivity contribution in [2.75, 3.05) is 26.2 Å². The minimum Gasteiger partial charge on any atom is -0.373 e. The molecular weight excluding hydrogens is 328 g/mol. The van der Waals surface area contributed by atoms with E-state index >= 15 is 0 Å². The van der Waals surface area contributed by atoms with E-state index in [2.05, 4.69) is 29.0 Å².